The van der Waals surface area contributed by atoms with Gasteiger partial charge in [-0.15, -0.1) is 0 Å². The molecule has 26 heavy (non-hydrogen) atoms. The maximum absolute atomic E-state index is 12.8. The molecule has 2 rings (SSSR count). The third-order valence-electron chi connectivity index (χ3n) is 3.43. The summed E-state index contributed by atoms with van der Waals surface area (Å²) in [7, 11) is 0. The van der Waals surface area contributed by atoms with Gasteiger partial charge in [0.2, 0.25) is 11.8 Å². The highest BCUT2D eigenvalue weighted by atomic mass is 19.1. The van der Waals surface area contributed by atoms with Crippen LogP contribution in [0.25, 0.3) is 0 Å². The molecule has 0 spiro atoms. The standard InChI is InChI=1S/C18H19FN4O3/c1-12(9-16(24)21-15-6-4-14(19)5-7-15)10-17(25)22-23-18(26)13-3-2-8-20-11-13/h2-8,11-12H,9-10H2,1H3,(H,21,24)(H,22,25)(H,23,26). The Morgan fingerprint density at radius 1 is 1.04 bits per heavy atom. The predicted octanol–water partition coefficient (Wildman–Crippen LogP) is 2.04. The molecular formula is C18H19FN4O3. The van der Waals surface area contributed by atoms with Gasteiger partial charge in [0, 0.05) is 30.9 Å². The monoisotopic (exact) mass is 358 g/mol. The van der Waals surface area contributed by atoms with E-state index >= 15 is 0 Å². The smallest absolute Gasteiger partial charge is 0.271 e. The molecule has 0 saturated heterocycles. The molecule has 2 aromatic rings. The van der Waals surface area contributed by atoms with Crippen LogP contribution in [0, 0.1) is 11.7 Å². The van der Waals surface area contributed by atoms with Crippen LogP contribution in [-0.4, -0.2) is 22.7 Å². The van der Waals surface area contributed by atoms with Crippen molar-refractivity contribution in [1.29, 1.82) is 0 Å². The number of carbonyl (C=O) groups excluding carboxylic acids is 3. The van der Waals surface area contributed by atoms with Gasteiger partial charge in [-0.05, 0) is 42.3 Å². The van der Waals surface area contributed by atoms with Gasteiger partial charge in [-0.1, -0.05) is 6.92 Å². The van der Waals surface area contributed by atoms with Crippen LogP contribution in [0.15, 0.2) is 48.8 Å². The first-order valence-corrected chi connectivity index (χ1v) is 7.98. The molecule has 1 atom stereocenters. The zero-order valence-electron chi connectivity index (χ0n) is 14.2. The number of amides is 3. The molecule has 0 aliphatic rings. The highest BCUT2D eigenvalue weighted by molar-refractivity contribution is 5.95. The lowest BCUT2D eigenvalue weighted by Gasteiger charge is -2.12. The van der Waals surface area contributed by atoms with Gasteiger partial charge in [0.25, 0.3) is 5.91 Å². The molecule has 1 aromatic carbocycles. The lowest BCUT2D eigenvalue weighted by atomic mass is 10.0. The predicted molar refractivity (Wildman–Crippen MR) is 93.3 cm³/mol. The Hall–Kier alpha value is -3.29. The van der Waals surface area contributed by atoms with Crippen molar-refractivity contribution in [3.8, 4) is 0 Å². The van der Waals surface area contributed by atoms with Crippen LogP contribution < -0.4 is 16.2 Å². The second-order valence-corrected chi connectivity index (χ2v) is 5.81. The Bertz CT molecular complexity index is 766. The van der Waals surface area contributed by atoms with E-state index in [1.54, 1.807) is 19.1 Å². The van der Waals surface area contributed by atoms with E-state index in [4.69, 9.17) is 0 Å². The number of aromatic nitrogens is 1. The first kappa shape index (κ1) is 19.0. The number of hydrazine groups is 1. The summed E-state index contributed by atoms with van der Waals surface area (Å²) in [4.78, 5) is 39.4. The quantitative estimate of drug-likeness (QED) is 0.688. The zero-order chi connectivity index (χ0) is 18.9. The highest BCUT2D eigenvalue weighted by Gasteiger charge is 2.14. The SMILES string of the molecule is CC(CC(=O)NNC(=O)c1cccnc1)CC(=O)Nc1ccc(F)cc1. The molecule has 136 valence electrons. The first-order valence-electron chi connectivity index (χ1n) is 7.98. The number of hydrogen-bond acceptors (Lipinski definition) is 4. The molecule has 0 aliphatic heterocycles. The Labute approximate surface area is 150 Å². The summed E-state index contributed by atoms with van der Waals surface area (Å²) < 4.78 is 12.8. The van der Waals surface area contributed by atoms with E-state index in [0.717, 1.165) is 0 Å². The van der Waals surface area contributed by atoms with Crippen molar-refractivity contribution in [3.63, 3.8) is 0 Å². The molecule has 0 radical (unpaired) electrons. The molecule has 1 unspecified atom stereocenters. The van der Waals surface area contributed by atoms with Crippen LogP contribution in [0.1, 0.15) is 30.1 Å². The number of anilines is 1. The lowest BCUT2D eigenvalue weighted by Crippen LogP contribution is -2.42. The van der Waals surface area contributed by atoms with Gasteiger partial charge in [0.15, 0.2) is 0 Å². The van der Waals surface area contributed by atoms with Crippen molar-refractivity contribution < 1.29 is 18.8 Å². The molecule has 0 bridgehead atoms. The lowest BCUT2D eigenvalue weighted by molar-refractivity contribution is -0.123. The summed E-state index contributed by atoms with van der Waals surface area (Å²) in [5.74, 6) is -1.80. The molecule has 8 heteroatoms. The van der Waals surface area contributed by atoms with Crippen LogP contribution in [0.4, 0.5) is 10.1 Å². The molecule has 1 aromatic heterocycles. The van der Waals surface area contributed by atoms with Gasteiger partial charge >= 0.3 is 0 Å². The largest absolute Gasteiger partial charge is 0.326 e. The minimum atomic E-state index is -0.479. The molecule has 3 amide bonds. The molecule has 0 aliphatic carbocycles. The first-order chi connectivity index (χ1) is 12.4. The minimum absolute atomic E-state index is 0.0597. The minimum Gasteiger partial charge on any atom is -0.326 e. The van der Waals surface area contributed by atoms with E-state index < -0.39 is 11.8 Å². The van der Waals surface area contributed by atoms with Crippen molar-refractivity contribution in [1.82, 2.24) is 15.8 Å². The summed E-state index contributed by atoms with van der Waals surface area (Å²) >= 11 is 0. The summed E-state index contributed by atoms with van der Waals surface area (Å²) in [6, 6.07) is 8.58. The number of carbonyl (C=O) groups is 3. The van der Waals surface area contributed by atoms with Crippen molar-refractivity contribution >= 4 is 23.4 Å². The van der Waals surface area contributed by atoms with E-state index in [-0.39, 0.29) is 30.5 Å². The van der Waals surface area contributed by atoms with Gasteiger partial charge in [0.1, 0.15) is 5.82 Å². The van der Waals surface area contributed by atoms with E-state index in [2.05, 4.69) is 21.2 Å². The zero-order valence-corrected chi connectivity index (χ0v) is 14.2. The summed E-state index contributed by atoms with van der Waals surface area (Å²) in [6.45, 7) is 1.74. The summed E-state index contributed by atoms with van der Waals surface area (Å²) in [6.07, 6.45) is 3.09. The third-order valence-corrected chi connectivity index (χ3v) is 3.43. The number of nitrogens with one attached hydrogen (secondary N) is 3. The van der Waals surface area contributed by atoms with Gasteiger partial charge in [-0.25, -0.2) is 4.39 Å². The van der Waals surface area contributed by atoms with Gasteiger partial charge in [-0.3, -0.25) is 30.2 Å². The van der Waals surface area contributed by atoms with E-state index in [0.29, 0.717) is 11.3 Å². The van der Waals surface area contributed by atoms with Crippen LogP contribution in [0.5, 0.6) is 0 Å². The maximum atomic E-state index is 12.8. The van der Waals surface area contributed by atoms with Crippen molar-refractivity contribution in [3.05, 3.63) is 60.2 Å². The fourth-order valence-electron chi connectivity index (χ4n) is 2.20. The average molecular weight is 358 g/mol. The summed E-state index contributed by atoms with van der Waals surface area (Å²) in [5, 5.41) is 2.63. The van der Waals surface area contributed by atoms with Crippen LogP contribution in [0.3, 0.4) is 0 Å². The number of hydrogen-bond donors (Lipinski definition) is 3. The molecule has 0 fully saturated rings. The van der Waals surface area contributed by atoms with Crippen LogP contribution >= 0.6 is 0 Å². The second kappa shape index (κ2) is 9.26. The Kier molecular flexibility index (Phi) is 6.78. The van der Waals surface area contributed by atoms with E-state index in [1.165, 1.54) is 36.7 Å². The fraction of sp³-hybridized carbons (Fsp3) is 0.222. The van der Waals surface area contributed by atoms with Gasteiger partial charge in [-0.2, -0.15) is 0 Å². The average Bonchev–Trinajstić information content (AvgIpc) is 2.62. The topological polar surface area (TPSA) is 100 Å². The molecule has 0 saturated carbocycles. The van der Waals surface area contributed by atoms with E-state index in [1.807, 2.05) is 0 Å². The van der Waals surface area contributed by atoms with Crippen molar-refractivity contribution in [2.75, 3.05) is 5.32 Å². The second-order valence-electron chi connectivity index (χ2n) is 5.81. The molecule has 7 nitrogen and oxygen atoms in total. The van der Waals surface area contributed by atoms with Gasteiger partial charge < -0.3 is 5.32 Å². The normalized spacial score (nSPS) is 11.3. The molecule has 3 N–H and O–H groups in total. The molecule has 1 heterocycles. The van der Waals surface area contributed by atoms with Crippen LogP contribution in [-0.2, 0) is 9.59 Å². The number of nitrogens with zero attached hydrogens (tertiary/aromatic N) is 1. The number of benzene rings is 1. The van der Waals surface area contributed by atoms with E-state index in [9.17, 15) is 18.8 Å². The Morgan fingerprint density at radius 3 is 2.38 bits per heavy atom. The third kappa shape index (κ3) is 6.31. The highest BCUT2D eigenvalue weighted by Crippen LogP contribution is 2.12. The Balaban J connectivity index is 1.71. The summed E-state index contributed by atoms with van der Waals surface area (Å²) in [5.41, 5.74) is 5.39. The number of pyridine rings is 1. The number of halogens is 1. The van der Waals surface area contributed by atoms with Crippen LogP contribution in [0.2, 0.25) is 0 Å². The van der Waals surface area contributed by atoms with Gasteiger partial charge in [0.05, 0.1) is 5.56 Å². The van der Waals surface area contributed by atoms with Crippen molar-refractivity contribution in [2.24, 2.45) is 5.92 Å². The van der Waals surface area contributed by atoms with Crippen molar-refractivity contribution in [2.45, 2.75) is 19.8 Å². The number of rotatable bonds is 6. The Morgan fingerprint density at radius 2 is 1.73 bits per heavy atom. The maximum Gasteiger partial charge on any atom is 0.271 e. The fourth-order valence-corrected chi connectivity index (χ4v) is 2.20. The molecular weight excluding hydrogens is 339 g/mol.